The average molecular weight is 1190 g/mol. The first-order chi connectivity index (χ1) is 41.6. The fourth-order valence-electron chi connectivity index (χ4n) is 10.4. The Bertz CT molecular complexity index is 1620. The predicted octanol–water partition coefficient (Wildman–Crippen LogP) is 21.1. The van der Waals surface area contributed by atoms with Gasteiger partial charge in [-0.05, 0) is 83.5 Å². The Balaban J connectivity index is 4.03. The molecule has 0 saturated carbocycles. The molecule has 0 radical (unpaired) electrons. The lowest BCUT2D eigenvalue weighted by Crippen LogP contribution is -2.44. The molecule has 0 bridgehead atoms. The summed E-state index contributed by atoms with van der Waals surface area (Å²) in [6.45, 7) is 4.67. The molecule has 0 aromatic heterocycles. The highest BCUT2D eigenvalue weighted by Gasteiger charge is 2.22. The van der Waals surface area contributed by atoms with E-state index in [-0.39, 0.29) is 32.2 Å². The number of hydrogen-bond acceptors (Lipinski definition) is 8. The van der Waals surface area contributed by atoms with E-state index >= 15 is 0 Å². The van der Waals surface area contributed by atoms with E-state index in [9.17, 15) is 19.5 Å². The Morgan fingerprint density at radius 2 is 0.671 bits per heavy atom. The van der Waals surface area contributed by atoms with E-state index in [1.165, 1.54) is 231 Å². The normalized spacial score (nSPS) is 13.1. The molecule has 0 saturated heterocycles. The highest BCUT2D eigenvalue weighted by atomic mass is 16.7. The fraction of sp³-hybridized carbons (Fsp3) is 0.803. The highest BCUT2D eigenvalue weighted by Crippen LogP contribution is 2.18. The van der Waals surface area contributed by atoms with Crippen molar-refractivity contribution in [2.75, 3.05) is 47.5 Å². The van der Waals surface area contributed by atoms with Crippen molar-refractivity contribution in [3.8, 4) is 0 Å². The van der Waals surface area contributed by atoms with E-state index in [0.29, 0.717) is 23.9 Å². The van der Waals surface area contributed by atoms with E-state index in [4.69, 9.17) is 18.9 Å². The number of carboxylic acid groups (broad SMARTS) is 1. The van der Waals surface area contributed by atoms with Crippen LogP contribution in [0.1, 0.15) is 335 Å². The minimum Gasteiger partial charge on any atom is -0.545 e. The lowest BCUT2D eigenvalue weighted by Gasteiger charge is -2.26. The molecule has 0 amide bonds. The van der Waals surface area contributed by atoms with E-state index in [1.54, 1.807) is 0 Å². The number of carbonyl (C=O) groups excluding carboxylic acids is 3. The van der Waals surface area contributed by atoms with E-state index in [0.717, 1.165) is 70.6 Å². The number of ether oxygens (including phenoxy) is 4. The molecule has 0 N–H and O–H groups in total. The number of quaternary nitrogens is 1. The van der Waals surface area contributed by atoms with Crippen molar-refractivity contribution in [2.45, 2.75) is 347 Å². The van der Waals surface area contributed by atoms with Gasteiger partial charge in [-0.1, -0.05) is 311 Å². The molecule has 0 spiro atoms. The second-order valence-corrected chi connectivity index (χ2v) is 25.5. The van der Waals surface area contributed by atoms with Crippen molar-refractivity contribution in [2.24, 2.45) is 0 Å². The van der Waals surface area contributed by atoms with Gasteiger partial charge in [0.05, 0.1) is 40.3 Å². The van der Waals surface area contributed by atoms with E-state index in [2.05, 4.69) is 86.8 Å². The van der Waals surface area contributed by atoms with Gasteiger partial charge in [-0.25, -0.2) is 0 Å². The topological polar surface area (TPSA) is 111 Å². The van der Waals surface area contributed by atoms with E-state index < -0.39 is 24.3 Å². The third kappa shape index (κ3) is 68.1. The second-order valence-electron chi connectivity index (χ2n) is 25.5. The number of allylic oxidation sites excluding steroid dienone is 12. The third-order valence-electron chi connectivity index (χ3n) is 15.9. The molecule has 2 unspecified atom stereocenters. The SMILES string of the molecule is CC/C=C\C/C=C\C/C=C\C/C=C\CCCCCCCCCCCCCCC(=O)OC(COC(=O)CCCCCCCCCCCCCCCCCCCCCCCCC/C=C\C/C=C\CCCCCCC)COC(OCC[N+](C)(C)C)C(=O)[O-]. The highest BCUT2D eigenvalue weighted by molar-refractivity contribution is 5.70. The van der Waals surface area contributed by atoms with Crippen molar-refractivity contribution in [3.05, 3.63) is 72.9 Å². The smallest absolute Gasteiger partial charge is 0.306 e. The van der Waals surface area contributed by atoms with E-state index in [1.807, 2.05) is 21.1 Å². The Morgan fingerprint density at radius 1 is 0.365 bits per heavy atom. The second kappa shape index (κ2) is 66.7. The number of carbonyl (C=O) groups is 3. The van der Waals surface area contributed by atoms with Crippen LogP contribution in [0.5, 0.6) is 0 Å². The van der Waals surface area contributed by atoms with Gasteiger partial charge in [0.15, 0.2) is 12.4 Å². The Morgan fingerprint density at radius 3 is 1.00 bits per heavy atom. The monoisotopic (exact) mass is 1190 g/mol. The zero-order chi connectivity index (χ0) is 61.9. The quantitative estimate of drug-likeness (QED) is 0.0195. The number of nitrogens with zero attached hydrogens (tertiary/aromatic N) is 1. The molecule has 0 aliphatic carbocycles. The molecule has 0 aliphatic rings. The molecule has 0 aromatic rings. The number of esters is 2. The first-order valence-corrected chi connectivity index (χ1v) is 36.1. The van der Waals surface area contributed by atoms with Crippen LogP contribution in [0.3, 0.4) is 0 Å². The Labute approximate surface area is 526 Å². The molecule has 0 fully saturated rings. The molecule has 9 heteroatoms. The molecule has 9 nitrogen and oxygen atoms in total. The van der Waals surface area contributed by atoms with Crippen molar-refractivity contribution < 1.29 is 42.9 Å². The number of hydrogen-bond donors (Lipinski definition) is 0. The van der Waals surface area contributed by atoms with Gasteiger partial charge in [0.1, 0.15) is 13.2 Å². The van der Waals surface area contributed by atoms with Crippen molar-refractivity contribution in [1.82, 2.24) is 0 Å². The molecule has 494 valence electrons. The number of aliphatic carboxylic acids is 1. The first-order valence-electron chi connectivity index (χ1n) is 36.1. The summed E-state index contributed by atoms with van der Waals surface area (Å²) in [5.74, 6) is -2.27. The van der Waals surface area contributed by atoms with Crippen LogP contribution in [-0.4, -0.2) is 82.3 Å². The van der Waals surface area contributed by atoms with Gasteiger partial charge < -0.3 is 33.3 Å². The number of carboxylic acids is 1. The largest absolute Gasteiger partial charge is 0.545 e. The molecule has 85 heavy (non-hydrogen) atoms. The minimum absolute atomic E-state index is 0.147. The van der Waals surface area contributed by atoms with Crippen LogP contribution in [0.4, 0.5) is 0 Å². The van der Waals surface area contributed by atoms with Crippen LogP contribution in [0.2, 0.25) is 0 Å². The van der Waals surface area contributed by atoms with Gasteiger partial charge in [-0.2, -0.15) is 0 Å². The fourth-order valence-corrected chi connectivity index (χ4v) is 10.4. The van der Waals surface area contributed by atoms with Gasteiger partial charge in [0.2, 0.25) is 0 Å². The van der Waals surface area contributed by atoms with Crippen molar-refractivity contribution in [1.29, 1.82) is 0 Å². The third-order valence-corrected chi connectivity index (χ3v) is 15.9. The lowest BCUT2D eigenvalue weighted by atomic mass is 10.0. The molecular weight excluding hydrogens is 1050 g/mol. The van der Waals surface area contributed by atoms with Crippen molar-refractivity contribution >= 4 is 17.9 Å². The van der Waals surface area contributed by atoms with Crippen LogP contribution in [0.15, 0.2) is 72.9 Å². The molecular formula is C76H137NO8. The lowest BCUT2D eigenvalue weighted by molar-refractivity contribution is -0.870. The van der Waals surface area contributed by atoms with Gasteiger partial charge >= 0.3 is 11.9 Å². The van der Waals surface area contributed by atoms with Crippen LogP contribution in [-0.2, 0) is 33.3 Å². The minimum atomic E-state index is -1.62. The summed E-state index contributed by atoms with van der Waals surface area (Å²) in [6, 6.07) is 0. The summed E-state index contributed by atoms with van der Waals surface area (Å²) in [4.78, 5) is 37.5. The van der Waals surface area contributed by atoms with Gasteiger partial charge in [-0.15, -0.1) is 0 Å². The number of likely N-dealkylation sites (N-methyl/N-ethyl adjacent to an activating group) is 1. The van der Waals surface area contributed by atoms with Crippen LogP contribution in [0, 0.1) is 0 Å². The Kier molecular flexibility index (Phi) is 64.1. The molecule has 0 aromatic carbocycles. The summed E-state index contributed by atoms with van der Waals surface area (Å²) in [5.41, 5.74) is 0. The first kappa shape index (κ1) is 81.7. The predicted molar refractivity (Wildman–Crippen MR) is 361 cm³/mol. The van der Waals surface area contributed by atoms with Gasteiger partial charge in [0.25, 0.3) is 0 Å². The maximum Gasteiger partial charge on any atom is 0.306 e. The summed E-state index contributed by atoms with van der Waals surface area (Å²) in [6.07, 6.45) is 85.7. The van der Waals surface area contributed by atoms with Crippen LogP contribution >= 0.6 is 0 Å². The molecule has 0 heterocycles. The summed E-state index contributed by atoms with van der Waals surface area (Å²) >= 11 is 0. The maximum absolute atomic E-state index is 12.9. The molecule has 0 aliphatic heterocycles. The summed E-state index contributed by atoms with van der Waals surface area (Å²) < 4.78 is 22.8. The van der Waals surface area contributed by atoms with Crippen molar-refractivity contribution in [3.63, 3.8) is 0 Å². The zero-order valence-electron chi connectivity index (χ0n) is 56.5. The zero-order valence-corrected chi connectivity index (χ0v) is 56.5. The summed E-state index contributed by atoms with van der Waals surface area (Å²) in [7, 11) is 5.94. The van der Waals surface area contributed by atoms with Gasteiger partial charge in [-0.3, -0.25) is 9.59 Å². The van der Waals surface area contributed by atoms with Gasteiger partial charge in [0, 0.05) is 12.8 Å². The average Bonchev–Trinajstić information content (AvgIpc) is 3.49. The standard InChI is InChI=1S/C76H137NO8/c1-6-8-10-12-14-16-18-20-22-24-26-28-30-32-33-34-35-36-37-38-39-40-41-43-44-46-48-50-52-54-56-58-60-62-64-66-73(78)83-70-72(71-84-76(75(80)81)82-69-68-77(3,4)5)85-74(79)67-65-63-61-59-57-55-53-51-49-47-45-42-31-29-27-25-23-21-19-17-15-13-11-9-7-2/h9,11,15,17-18,20-21,23-24,26-27,29,72,76H,6-8,10,12-14,16,19,22,25,28,30-71H2,1-5H3/b11-9-,17-15-,20-18-,23-21-,26-24-,29-27-. The molecule has 0 rings (SSSR count). The number of rotatable bonds is 67. The summed E-state index contributed by atoms with van der Waals surface area (Å²) in [5, 5.41) is 11.8. The van der Waals surface area contributed by atoms with Crippen LogP contribution in [0.25, 0.3) is 0 Å². The Hall–Kier alpha value is -3.27. The number of unbranched alkanes of at least 4 members (excludes halogenated alkanes) is 40. The molecule has 2 atom stereocenters. The van der Waals surface area contributed by atoms with Crippen LogP contribution < -0.4 is 5.11 Å². The maximum atomic E-state index is 12.9.